The van der Waals surface area contributed by atoms with Crippen LogP contribution in [0.1, 0.15) is 23.7 Å². The zero-order valence-corrected chi connectivity index (χ0v) is 15.1. The molecule has 4 rings (SSSR count). The lowest BCUT2D eigenvalue weighted by atomic mass is 10.0. The molecule has 4 aromatic rings. The second-order valence-corrected chi connectivity index (χ2v) is 6.50. The summed E-state index contributed by atoms with van der Waals surface area (Å²) in [4.78, 5) is 19.1. The molecule has 134 valence electrons. The molecule has 0 saturated heterocycles. The highest BCUT2D eigenvalue weighted by Gasteiger charge is 2.14. The number of aromatic amines is 1. The van der Waals surface area contributed by atoms with E-state index < -0.39 is 0 Å². The van der Waals surface area contributed by atoms with E-state index in [2.05, 4.69) is 28.2 Å². The lowest BCUT2D eigenvalue weighted by Gasteiger charge is -2.05. The third-order valence-corrected chi connectivity index (χ3v) is 4.56. The van der Waals surface area contributed by atoms with Crippen molar-refractivity contribution in [1.29, 1.82) is 0 Å². The number of hydrogen-bond acceptors (Lipinski definition) is 3. The predicted molar refractivity (Wildman–Crippen MR) is 106 cm³/mol. The molecule has 0 aliphatic rings. The molecule has 4 heteroatoms. The molecule has 1 N–H and O–H groups in total. The van der Waals surface area contributed by atoms with Crippen LogP contribution in [-0.4, -0.2) is 15.9 Å². The van der Waals surface area contributed by atoms with E-state index in [1.54, 1.807) is 0 Å². The molecule has 0 unspecified atom stereocenters. The van der Waals surface area contributed by atoms with Gasteiger partial charge in [-0.25, -0.2) is 0 Å². The molecule has 2 heterocycles. The van der Waals surface area contributed by atoms with Crippen molar-refractivity contribution in [3.05, 3.63) is 89.7 Å². The van der Waals surface area contributed by atoms with Gasteiger partial charge in [-0.15, -0.1) is 0 Å². The van der Waals surface area contributed by atoms with Crippen LogP contribution >= 0.6 is 0 Å². The van der Waals surface area contributed by atoms with Crippen LogP contribution in [0.2, 0.25) is 0 Å². The number of esters is 1. The van der Waals surface area contributed by atoms with Gasteiger partial charge in [0, 0.05) is 36.1 Å². The number of rotatable bonds is 5. The Morgan fingerprint density at radius 2 is 1.85 bits per heavy atom. The number of carbonyl (C=O) groups is 1. The monoisotopic (exact) mass is 356 g/mol. The Balaban J connectivity index is 1.80. The van der Waals surface area contributed by atoms with Crippen molar-refractivity contribution in [2.75, 3.05) is 0 Å². The molecule has 27 heavy (non-hydrogen) atoms. The maximum absolute atomic E-state index is 11.1. The van der Waals surface area contributed by atoms with Crippen LogP contribution in [-0.2, 0) is 22.6 Å². The topological polar surface area (TPSA) is 55.0 Å². The molecule has 0 spiro atoms. The van der Waals surface area contributed by atoms with Crippen molar-refractivity contribution in [1.82, 2.24) is 9.97 Å². The van der Waals surface area contributed by atoms with Crippen molar-refractivity contribution in [3.63, 3.8) is 0 Å². The molecule has 0 fully saturated rings. The molecule has 0 saturated carbocycles. The fraction of sp³-hybridized carbons (Fsp3) is 0.130. The molecule has 0 aliphatic carbocycles. The van der Waals surface area contributed by atoms with Crippen LogP contribution in [0.15, 0.2) is 72.9 Å². The summed E-state index contributed by atoms with van der Waals surface area (Å²) >= 11 is 0. The first-order valence-electron chi connectivity index (χ1n) is 8.93. The van der Waals surface area contributed by atoms with Crippen molar-refractivity contribution >= 4 is 16.9 Å². The van der Waals surface area contributed by atoms with Gasteiger partial charge < -0.3 is 9.72 Å². The first kappa shape index (κ1) is 17.0. The average Bonchev–Trinajstić information content (AvgIpc) is 3.05. The van der Waals surface area contributed by atoms with Crippen LogP contribution in [0.3, 0.4) is 0 Å². The van der Waals surface area contributed by atoms with Gasteiger partial charge in [-0.1, -0.05) is 48.5 Å². The summed E-state index contributed by atoms with van der Waals surface area (Å²) in [6.07, 6.45) is 2.57. The second-order valence-electron chi connectivity index (χ2n) is 6.50. The Labute approximate surface area is 157 Å². The molecule has 4 nitrogen and oxygen atoms in total. The highest BCUT2D eigenvalue weighted by atomic mass is 16.5. The summed E-state index contributed by atoms with van der Waals surface area (Å²) in [6.45, 7) is 1.70. The van der Waals surface area contributed by atoms with Crippen LogP contribution in [0.5, 0.6) is 0 Å². The molecule has 2 aromatic heterocycles. The first-order valence-corrected chi connectivity index (χ1v) is 8.93. The molecule has 0 aliphatic heterocycles. The Hall–Kier alpha value is -3.40. The van der Waals surface area contributed by atoms with Gasteiger partial charge in [0.15, 0.2) is 0 Å². The van der Waals surface area contributed by atoms with Crippen LogP contribution in [0.4, 0.5) is 0 Å². The van der Waals surface area contributed by atoms with Gasteiger partial charge in [-0.3, -0.25) is 9.78 Å². The van der Waals surface area contributed by atoms with Gasteiger partial charge in [0.2, 0.25) is 0 Å². The van der Waals surface area contributed by atoms with Gasteiger partial charge in [-0.2, -0.15) is 0 Å². The number of nitrogens with one attached hydrogen (secondary N) is 1. The number of nitrogens with zero attached hydrogens (tertiary/aromatic N) is 1. The van der Waals surface area contributed by atoms with Gasteiger partial charge >= 0.3 is 5.97 Å². The smallest absolute Gasteiger partial charge is 0.302 e. The maximum atomic E-state index is 11.1. The zero-order valence-electron chi connectivity index (χ0n) is 15.1. The number of aromatic nitrogens is 2. The minimum absolute atomic E-state index is 0.276. The average molecular weight is 356 g/mol. The van der Waals surface area contributed by atoms with E-state index in [1.165, 1.54) is 12.5 Å². The highest BCUT2D eigenvalue weighted by molar-refractivity contribution is 5.91. The number of carbonyl (C=O) groups excluding carboxylic acids is 1. The van der Waals surface area contributed by atoms with E-state index in [4.69, 9.17) is 4.74 Å². The Morgan fingerprint density at radius 3 is 2.59 bits per heavy atom. The minimum Gasteiger partial charge on any atom is -0.461 e. The van der Waals surface area contributed by atoms with E-state index in [9.17, 15) is 4.79 Å². The fourth-order valence-electron chi connectivity index (χ4n) is 3.30. The number of H-pyrrole nitrogens is 1. The highest BCUT2D eigenvalue weighted by Crippen LogP contribution is 2.32. The molecule has 0 amide bonds. The van der Waals surface area contributed by atoms with E-state index in [0.717, 1.165) is 39.8 Å². The van der Waals surface area contributed by atoms with Gasteiger partial charge in [-0.05, 0) is 34.9 Å². The lowest BCUT2D eigenvalue weighted by molar-refractivity contribution is -0.142. The number of hydrogen-bond donors (Lipinski definition) is 1. The lowest BCUT2D eigenvalue weighted by Crippen LogP contribution is -1.98. The normalized spacial score (nSPS) is 10.9. The summed E-state index contributed by atoms with van der Waals surface area (Å²) in [5.41, 5.74) is 6.47. The Morgan fingerprint density at radius 1 is 1.04 bits per heavy atom. The van der Waals surface area contributed by atoms with E-state index in [0.29, 0.717) is 0 Å². The number of benzene rings is 2. The third kappa shape index (κ3) is 3.75. The summed E-state index contributed by atoms with van der Waals surface area (Å²) < 4.78 is 5.13. The first-order chi connectivity index (χ1) is 13.2. The van der Waals surface area contributed by atoms with E-state index in [-0.39, 0.29) is 12.6 Å². The molecule has 0 radical (unpaired) electrons. The van der Waals surface area contributed by atoms with Crippen molar-refractivity contribution in [2.45, 2.75) is 20.0 Å². The van der Waals surface area contributed by atoms with Crippen molar-refractivity contribution < 1.29 is 9.53 Å². The fourth-order valence-corrected chi connectivity index (χ4v) is 3.30. The largest absolute Gasteiger partial charge is 0.461 e. The summed E-state index contributed by atoms with van der Waals surface area (Å²) in [5, 5.41) is 1.16. The minimum atomic E-state index is -0.276. The van der Waals surface area contributed by atoms with Crippen LogP contribution < -0.4 is 0 Å². The van der Waals surface area contributed by atoms with Crippen molar-refractivity contribution in [2.24, 2.45) is 0 Å². The standard InChI is InChI=1S/C23H20N2O2/c1-16(26)27-15-17-10-11-20-21(14-19-9-5-6-12-24-19)23(25-22(20)13-17)18-7-3-2-4-8-18/h2-13,25H,14-15H2,1H3. The Bertz CT molecular complexity index is 1070. The van der Waals surface area contributed by atoms with Crippen LogP contribution in [0.25, 0.3) is 22.2 Å². The summed E-state index contributed by atoms with van der Waals surface area (Å²) in [5.74, 6) is -0.276. The van der Waals surface area contributed by atoms with Gasteiger partial charge in [0.25, 0.3) is 0 Å². The summed E-state index contributed by atoms with van der Waals surface area (Å²) in [7, 11) is 0. The number of ether oxygens (including phenoxy) is 1. The molecular formula is C23H20N2O2. The third-order valence-electron chi connectivity index (χ3n) is 4.56. The van der Waals surface area contributed by atoms with E-state index >= 15 is 0 Å². The van der Waals surface area contributed by atoms with Crippen LogP contribution in [0, 0.1) is 0 Å². The second kappa shape index (κ2) is 7.46. The van der Waals surface area contributed by atoms with Gasteiger partial charge in [0.05, 0.1) is 5.69 Å². The Kier molecular flexibility index (Phi) is 4.71. The number of pyridine rings is 1. The molecular weight excluding hydrogens is 336 g/mol. The quantitative estimate of drug-likeness (QED) is 0.518. The maximum Gasteiger partial charge on any atom is 0.302 e. The molecule has 2 aromatic carbocycles. The van der Waals surface area contributed by atoms with Crippen molar-refractivity contribution in [3.8, 4) is 11.3 Å². The molecule has 0 bridgehead atoms. The molecule has 0 atom stereocenters. The van der Waals surface area contributed by atoms with Gasteiger partial charge in [0.1, 0.15) is 6.61 Å². The summed E-state index contributed by atoms with van der Waals surface area (Å²) in [6, 6.07) is 22.4. The zero-order chi connectivity index (χ0) is 18.6. The number of fused-ring (bicyclic) bond motifs is 1. The SMILES string of the molecule is CC(=O)OCc1ccc2c(Cc3ccccn3)c(-c3ccccc3)[nH]c2c1. The van der Waals surface area contributed by atoms with E-state index in [1.807, 2.05) is 54.7 Å². The predicted octanol–water partition coefficient (Wildman–Crippen LogP) is 4.88.